The Morgan fingerprint density at radius 3 is 2.57 bits per heavy atom. The second-order valence-electron chi connectivity index (χ2n) is 4.75. The maximum absolute atomic E-state index is 13.1. The number of aromatic hydroxyl groups is 1. The Morgan fingerprint density at radius 2 is 1.87 bits per heavy atom. The van der Waals surface area contributed by atoms with Gasteiger partial charge in [-0.15, -0.1) is 11.3 Å². The molecule has 23 heavy (non-hydrogen) atoms. The highest BCUT2D eigenvalue weighted by Crippen LogP contribution is 2.21. The summed E-state index contributed by atoms with van der Waals surface area (Å²) in [6.07, 6.45) is 1.57. The van der Waals surface area contributed by atoms with Gasteiger partial charge in [-0.2, -0.15) is 5.10 Å². The lowest BCUT2D eigenvalue weighted by Gasteiger charge is -2.04. The first-order valence-corrected chi connectivity index (χ1v) is 7.78. The van der Waals surface area contributed by atoms with E-state index in [4.69, 9.17) is 0 Å². The number of phenolic OH excluding ortho intramolecular Hbond substituents is 1. The van der Waals surface area contributed by atoms with Gasteiger partial charge in [0.25, 0.3) is 0 Å². The molecule has 0 bridgehead atoms. The molecule has 0 unspecified atom stereocenters. The van der Waals surface area contributed by atoms with Crippen LogP contribution in [0.15, 0.2) is 64.0 Å². The van der Waals surface area contributed by atoms with Crippen LogP contribution in [-0.2, 0) is 0 Å². The van der Waals surface area contributed by atoms with Crippen molar-refractivity contribution in [3.05, 3.63) is 70.1 Å². The first-order valence-electron chi connectivity index (χ1n) is 6.90. The van der Waals surface area contributed by atoms with Gasteiger partial charge in [0, 0.05) is 23.6 Å². The summed E-state index contributed by atoms with van der Waals surface area (Å²) in [7, 11) is 1.69. The highest BCUT2D eigenvalue weighted by molar-refractivity contribution is 7.07. The van der Waals surface area contributed by atoms with Gasteiger partial charge >= 0.3 is 0 Å². The van der Waals surface area contributed by atoms with Gasteiger partial charge in [0.2, 0.25) is 4.80 Å². The lowest BCUT2D eigenvalue weighted by atomic mass is 10.2. The zero-order valence-electron chi connectivity index (χ0n) is 12.3. The molecule has 0 fully saturated rings. The number of halogens is 1. The standard InChI is InChI=1S/C17H14FN3OS/c1-19-17-21(20-10-13-4-2-3-5-16(13)22)15(11-23-17)12-6-8-14(18)9-7-12/h2-11,22H,1H3. The Kier molecular flexibility index (Phi) is 4.34. The van der Waals surface area contributed by atoms with E-state index in [0.717, 1.165) is 11.3 Å². The van der Waals surface area contributed by atoms with Crippen molar-refractivity contribution >= 4 is 17.6 Å². The number of hydrogen-bond donors (Lipinski definition) is 1. The van der Waals surface area contributed by atoms with Crippen LogP contribution < -0.4 is 4.80 Å². The normalized spacial score (nSPS) is 12.2. The molecular weight excluding hydrogens is 313 g/mol. The van der Waals surface area contributed by atoms with E-state index in [1.807, 2.05) is 11.4 Å². The molecule has 1 heterocycles. The van der Waals surface area contributed by atoms with E-state index < -0.39 is 0 Å². The van der Waals surface area contributed by atoms with Gasteiger partial charge in [0.1, 0.15) is 11.6 Å². The quantitative estimate of drug-likeness (QED) is 0.736. The van der Waals surface area contributed by atoms with Crippen LogP contribution in [0.3, 0.4) is 0 Å². The Labute approximate surface area is 136 Å². The molecule has 3 aromatic rings. The molecule has 1 aromatic heterocycles. The smallest absolute Gasteiger partial charge is 0.205 e. The first kappa shape index (κ1) is 15.2. The van der Waals surface area contributed by atoms with Gasteiger partial charge in [-0.1, -0.05) is 12.1 Å². The van der Waals surface area contributed by atoms with Gasteiger partial charge in [0.05, 0.1) is 11.9 Å². The number of thiazole rings is 1. The Bertz CT molecular complexity index is 910. The maximum atomic E-state index is 13.1. The van der Waals surface area contributed by atoms with E-state index in [1.54, 1.807) is 48.3 Å². The maximum Gasteiger partial charge on any atom is 0.205 e. The molecule has 6 heteroatoms. The molecule has 2 aromatic carbocycles. The topological polar surface area (TPSA) is 49.9 Å². The van der Waals surface area contributed by atoms with Crippen LogP contribution in [0.5, 0.6) is 5.75 Å². The number of hydrogen-bond acceptors (Lipinski definition) is 4. The second-order valence-corrected chi connectivity index (χ2v) is 5.59. The zero-order valence-corrected chi connectivity index (χ0v) is 13.2. The van der Waals surface area contributed by atoms with Crippen LogP contribution in [0.2, 0.25) is 0 Å². The Hall–Kier alpha value is -2.73. The van der Waals surface area contributed by atoms with E-state index in [1.165, 1.54) is 23.5 Å². The Morgan fingerprint density at radius 1 is 1.13 bits per heavy atom. The van der Waals surface area contributed by atoms with Gasteiger partial charge in [0.15, 0.2) is 0 Å². The summed E-state index contributed by atoms with van der Waals surface area (Å²) in [6.45, 7) is 0. The van der Waals surface area contributed by atoms with Crippen molar-refractivity contribution in [2.24, 2.45) is 10.1 Å². The van der Waals surface area contributed by atoms with Crippen molar-refractivity contribution in [2.45, 2.75) is 0 Å². The molecule has 0 radical (unpaired) electrons. The zero-order chi connectivity index (χ0) is 16.2. The minimum absolute atomic E-state index is 0.158. The summed E-state index contributed by atoms with van der Waals surface area (Å²) < 4.78 is 14.8. The summed E-state index contributed by atoms with van der Waals surface area (Å²) in [5, 5.41) is 16.2. The van der Waals surface area contributed by atoms with E-state index in [2.05, 4.69) is 10.1 Å². The average Bonchev–Trinajstić information content (AvgIpc) is 2.98. The molecule has 1 N–H and O–H groups in total. The number of phenols is 1. The molecule has 3 rings (SSSR count). The molecule has 0 aliphatic carbocycles. The molecule has 0 aliphatic rings. The predicted molar refractivity (Wildman–Crippen MR) is 90.3 cm³/mol. The fourth-order valence-corrected chi connectivity index (χ4v) is 2.90. The van der Waals surface area contributed by atoms with Crippen LogP contribution in [0.1, 0.15) is 5.56 Å². The van der Waals surface area contributed by atoms with Crippen LogP contribution in [0.25, 0.3) is 11.3 Å². The molecule has 0 amide bonds. The molecule has 0 spiro atoms. The third-order valence-electron chi connectivity index (χ3n) is 3.27. The number of para-hydroxylation sites is 1. The summed E-state index contributed by atoms with van der Waals surface area (Å²) in [6, 6.07) is 13.2. The summed E-state index contributed by atoms with van der Waals surface area (Å²) in [5.74, 6) is -0.126. The van der Waals surface area contributed by atoms with Crippen molar-refractivity contribution in [3.8, 4) is 17.0 Å². The van der Waals surface area contributed by atoms with Crippen LogP contribution >= 0.6 is 11.3 Å². The number of nitrogens with zero attached hydrogens (tertiary/aromatic N) is 3. The highest BCUT2D eigenvalue weighted by Gasteiger charge is 2.07. The van der Waals surface area contributed by atoms with Gasteiger partial charge in [-0.3, -0.25) is 4.99 Å². The molecule has 0 saturated heterocycles. The van der Waals surface area contributed by atoms with Crippen LogP contribution in [-0.4, -0.2) is 23.0 Å². The lowest BCUT2D eigenvalue weighted by Crippen LogP contribution is -2.11. The van der Waals surface area contributed by atoms with E-state index in [9.17, 15) is 9.50 Å². The molecular formula is C17H14FN3OS. The fraction of sp³-hybridized carbons (Fsp3) is 0.0588. The van der Waals surface area contributed by atoms with E-state index in [-0.39, 0.29) is 11.6 Å². The third-order valence-corrected chi connectivity index (χ3v) is 4.17. The SMILES string of the molecule is CN=c1scc(-c2ccc(F)cc2)n1N=Cc1ccccc1O. The molecule has 116 valence electrons. The number of rotatable bonds is 3. The van der Waals surface area contributed by atoms with Crippen molar-refractivity contribution in [1.82, 2.24) is 4.68 Å². The van der Waals surface area contributed by atoms with E-state index in [0.29, 0.717) is 10.4 Å². The van der Waals surface area contributed by atoms with Crippen LogP contribution in [0, 0.1) is 5.82 Å². The monoisotopic (exact) mass is 327 g/mol. The van der Waals surface area contributed by atoms with Gasteiger partial charge in [-0.05, 0) is 36.4 Å². The molecule has 4 nitrogen and oxygen atoms in total. The van der Waals surface area contributed by atoms with Crippen LogP contribution in [0.4, 0.5) is 4.39 Å². The van der Waals surface area contributed by atoms with E-state index >= 15 is 0 Å². The summed E-state index contributed by atoms with van der Waals surface area (Å²) >= 11 is 1.44. The van der Waals surface area contributed by atoms with Crippen molar-refractivity contribution < 1.29 is 9.50 Å². The first-order chi connectivity index (χ1) is 11.2. The largest absolute Gasteiger partial charge is 0.507 e. The molecule has 0 aliphatic heterocycles. The van der Waals surface area contributed by atoms with Gasteiger partial charge in [-0.25, -0.2) is 9.07 Å². The third kappa shape index (κ3) is 3.22. The summed E-state index contributed by atoms with van der Waals surface area (Å²) in [5.41, 5.74) is 2.26. The van der Waals surface area contributed by atoms with Crippen molar-refractivity contribution in [2.75, 3.05) is 7.05 Å². The molecule has 0 saturated carbocycles. The minimum Gasteiger partial charge on any atom is -0.507 e. The minimum atomic E-state index is -0.284. The number of aromatic nitrogens is 1. The summed E-state index contributed by atoms with van der Waals surface area (Å²) in [4.78, 5) is 4.90. The fourth-order valence-electron chi connectivity index (χ4n) is 2.10. The molecule has 0 atom stereocenters. The predicted octanol–water partition coefficient (Wildman–Crippen LogP) is 3.47. The average molecular weight is 327 g/mol. The van der Waals surface area contributed by atoms with Crippen molar-refractivity contribution in [1.29, 1.82) is 0 Å². The second kappa shape index (κ2) is 6.58. The van der Waals surface area contributed by atoms with Gasteiger partial charge < -0.3 is 5.11 Å². The van der Waals surface area contributed by atoms with Crippen molar-refractivity contribution in [3.63, 3.8) is 0 Å². The lowest BCUT2D eigenvalue weighted by molar-refractivity contribution is 0.474. The highest BCUT2D eigenvalue weighted by atomic mass is 32.1. The number of benzene rings is 2. The Balaban J connectivity index is 2.06.